The van der Waals surface area contributed by atoms with Crippen molar-refractivity contribution in [2.45, 2.75) is 4.58 Å². The molecule has 3 N–H and O–H groups in total. The summed E-state index contributed by atoms with van der Waals surface area (Å²) in [6, 6.07) is 1.26. The molecule has 0 aliphatic rings. The fraction of sp³-hybridized carbons (Fsp3) is 0.167. The molecule has 10 heteroatoms. The van der Waals surface area contributed by atoms with Crippen LogP contribution < -0.4 is 0 Å². The van der Waals surface area contributed by atoms with Crippen LogP contribution in [0.25, 0.3) is 0 Å². The summed E-state index contributed by atoms with van der Waals surface area (Å²) in [5.41, 5.74) is -2.72. The molecule has 0 atom stereocenters. The van der Waals surface area contributed by atoms with Gasteiger partial charge in [0.2, 0.25) is 0 Å². The molecule has 0 heterocycles. The first-order valence-electron chi connectivity index (χ1n) is 5.56. The molecule has 0 aliphatic heterocycles. The maximum Gasteiger partial charge on any atom is 0.339 e. The van der Waals surface area contributed by atoms with Gasteiger partial charge >= 0.3 is 23.9 Å². The lowest BCUT2D eigenvalue weighted by atomic mass is 9.98. The Kier molecular flexibility index (Phi) is 5.83. The minimum atomic E-state index is -1.63. The van der Waals surface area contributed by atoms with E-state index in [0.717, 1.165) is 0 Å². The highest BCUT2D eigenvalue weighted by Crippen LogP contribution is 2.20. The summed E-state index contributed by atoms with van der Waals surface area (Å²) in [5, 5.41) is 27.0. The van der Waals surface area contributed by atoms with Gasteiger partial charge in [-0.3, -0.25) is 0 Å². The number of carbonyl (C=O) groups is 4. The number of thiol groups is 2. The number of ether oxygens (including phenoxy) is 1. The maximum absolute atomic E-state index is 11.8. The molecule has 0 amide bonds. The Labute approximate surface area is 134 Å². The topological polar surface area (TPSA) is 138 Å². The van der Waals surface area contributed by atoms with Gasteiger partial charge in [0.15, 0.2) is 0 Å². The van der Waals surface area contributed by atoms with Crippen LogP contribution >= 0.6 is 25.3 Å². The van der Waals surface area contributed by atoms with Crippen LogP contribution in [0.4, 0.5) is 0 Å². The third-order valence-electron chi connectivity index (χ3n) is 2.43. The first-order chi connectivity index (χ1) is 10.1. The molecule has 118 valence electrons. The number of rotatable bonds is 6. The van der Waals surface area contributed by atoms with E-state index in [4.69, 9.17) is 20.1 Å². The number of hydrogen-bond donors (Lipinski definition) is 5. The number of benzene rings is 1. The van der Waals surface area contributed by atoms with Crippen molar-refractivity contribution >= 4 is 49.1 Å². The third kappa shape index (κ3) is 4.15. The van der Waals surface area contributed by atoms with E-state index in [1.165, 1.54) is 0 Å². The minimum Gasteiger partial charge on any atom is -0.478 e. The molecule has 0 bridgehead atoms. The second-order valence-corrected chi connectivity index (χ2v) is 5.59. The molecule has 0 saturated carbocycles. The van der Waals surface area contributed by atoms with Crippen molar-refractivity contribution in [1.82, 2.24) is 0 Å². The van der Waals surface area contributed by atoms with Crippen LogP contribution in [0, 0.1) is 0 Å². The Hall–Kier alpha value is -2.20. The molecule has 0 saturated heterocycles. The summed E-state index contributed by atoms with van der Waals surface area (Å²) in [6.07, 6.45) is 0. The summed E-state index contributed by atoms with van der Waals surface area (Å²) >= 11 is 7.69. The SMILES string of the molecule is O=C(O)c1cc(C(=O)O)c(C(=O)OCC(S)S)cc1C(=O)O. The van der Waals surface area contributed by atoms with Crippen molar-refractivity contribution < 1.29 is 39.2 Å². The Morgan fingerprint density at radius 2 is 1.23 bits per heavy atom. The van der Waals surface area contributed by atoms with Gasteiger partial charge in [0, 0.05) is 0 Å². The lowest BCUT2D eigenvalue weighted by Gasteiger charge is -2.11. The van der Waals surface area contributed by atoms with Gasteiger partial charge in [-0.25, -0.2) is 19.2 Å². The lowest BCUT2D eigenvalue weighted by molar-refractivity contribution is 0.0511. The quantitative estimate of drug-likeness (QED) is 0.293. The number of hydrogen-bond acceptors (Lipinski definition) is 7. The molecule has 1 aromatic rings. The predicted molar refractivity (Wildman–Crippen MR) is 79.4 cm³/mol. The molecule has 22 heavy (non-hydrogen) atoms. The lowest BCUT2D eigenvalue weighted by Crippen LogP contribution is -2.18. The first kappa shape index (κ1) is 17.9. The largest absolute Gasteiger partial charge is 0.478 e. The number of carbonyl (C=O) groups excluding carboxylic acids is 1. The standard InChI is InChI=1S/C12H10O8S2/c13-9(14)4-1-6(11(17)18)7(2-5(4)10(15)16)12(19)20-3-8(21)22/h1-2,8,21-22H,3H2,(H,13,14)(H,15,16)(H,17,18). The maximum atomic E-state index is 11.8. The van der Waals surface area contributed by atoms with Gasteiger partial charge in [0.25, 0.3) is 0 Å². The van der Waals surface area contributed by atoms with E-state index in [1.807, 2.05) is 0 Å². The van der Waals surface area contributed by atoms with Crippen LogP contribution in [0.15, 0.2) is 12.1 Å². The smallest absolute Gasteiger partial charge is 0.339 e. The molecule has 0 aromatic heterocycles. The molecule has 0 unspecified atom stereocenters. The van der Waals surface area contributed by atoms with Gasteiger partial charge in [-0.05, 0) is 12.1 Å². The van der Waals surface area contributed by atoms with Crippen molar-refractivity contribution in [3.8, 4) is 0 Å². The van der Waals surface area contributed by atoms with E-state index in [1.54, 1.807) is 0 Å². The zero-order valence-corrected chi connectivity index (χ0v) is 12.5. The average Bonchev–Trinajstić information content (AvgIpc) is 2.42. The van der Waals surface area contributed by atoms with Crippen molar-refractivity contribution in [1.29, 1.82) is 0 Å². The summed E-state index contributed by atoms with van der Waals surface area (Å²) < 4.78 is 4.10. The number of carboxylic acids is 3. The summed E-state index contributed by atoms with van der Waals surface area (Å²) in [4.78, 5) is 45.0. The zero-order valence-electron chi connectivity index (χ0n) is 10.7. The Morgan fingerprint density at radius 3 is 1.59 bits per heavy atom. The van der Waals surface area contributed by atoms with E-state index in [2.05, 4.69) is 25.3 Å². The van der Waals surface area contributed by atoms with Gasteiger partial charge in [0.1, 0.15) is 6.61 Å². The monoisotopic (exact) mass is 346 g/mol. The molecule has 8 nitrogen and oxygen atoms in total. The zero-order chi connectivity index (χ0) is 17.0. The third-order valence-corrected chi connectivity index (χ3v) is 2.73. The molecular weight excluding hydrogens is 336 g/mol. The van der Waals surface area contributed by atoms with Crippen molar-refractivity contribution in [3.05, 3.63) is 34.4 Å². The highest BCUT2D eigenvalue weighted by Gasteiger charge is 2.26. The van der Waals surface area contributed by atoms with Gasteiger partial charge < -0.3 is 20.1 Å². The van der Waals surface area contributed by atoms with Crippen LogP contribution in [0.2, 0.25) is 0 Å². The first-order valence-corrected chi connectivity index (χ1v) is 6.59. The predicted octanol–water partition coefficient (Wildman–Crippen LogP) is 1.12. The second-order valence-electron chi connectivity index (χ2n) is 3.94. The Morgan fingerprint density at radius 1 is 0.864 bits per heavy atom. The normalized spacial score (nSPS) is 10.3. The van der Waals surface area contributed by atoms with Crippen LogP contribution in [0.3, 0.4) is 0 Å². The molecule has 1 rings (SSSR count). The molecule has 0 radical (unpaired) electrons. The Balaban J connectivity index is 3.45. The fourth-order valence-electron chi connectivity index (χ4n) is 1.53. The van der Waals surface area contributed by atoms with Crippen molar-refractivity contribution in [2.75, 3.05) is 6.61 Å². The van der Waals surface area contributed by atoms with E-state index in [-0.39, 0.29) is 6.61 Å². The van der Waals surface area contributed by atoms with Crippen molar-refractivity contribution in [3.63, 3.8) is 0 Å². The van der Waals surface area contributed by atoms with Gasteiger partial charge in [0.05, 0.1) is 26.8 Å². The van der Waals surface area contributed by atoms with E-state index >= 15 is 0 Å². The van der Waals surface area contributed by atoms with Crippen molar-refractivity contribution in [2.24, 2.45) is 0 Å². The minimum absolute atomic E-state index is 0.257. The summed E-state index contributed by atoms with van der Waals surface area (Å²) in [5.74, 6) is -5.97. The number of carboxylic acid groups (broad SMARTS) is 3. The molecule has 0 aliphatic carbocycles. The van der Waals surface area contributed by atoms with Crippen LogP contribution in [-0.2, 0) is 4.74 Å². The Bertz CT molecular complexity index is 653. The van der Waals surface area contributed by atoms with E-state index in [9.17, 15) is 19.2 Å². The molecule has 1 aromatic carbocycles. The van der Waals surface area contributed by atoms with Gasteiger partial charge in [-0.15, -0.1) is 0 Å². The van der Waals surface area contributed by atoms with Gasteiger partial charge in [-0.1, -0.05) is 0 Å². The number of esters is 1. The highest BCUT2D eigenvalue weighted by atomic mass is 32.2. The number of aromatic carboxylic acids is 3. The summed E-state index contributed by atoms with van der Waals surface area (Å²) in [7, 11) is 0. The highest BCUT2D eigenvalue weighted by molar-refractivity contribution is 7.99. The summed E-state index contributed by atoms with van der Waals surface area (Å²) in [6.45, 7) is -0.257. The molecule has 0 fully saturated rings. The fourth-order valence-corrected chi connectivity index (χ4v) is 1.68. The van der Waals surface area contributed by atoms with E-state index in [0.29, 0.717) is 12.1 Å². The van der Waals surface area contributed by atoms with Crippen LogP contribution in [0.5, 0.6) is 0 Å². The molecule has 0 spiro atoms. The van der Waals surface area contributed by atoms with Crippen LogP contribution in [-0.4, -0.2) is 50.4 Å². The average molecular weight is 346 g/mol. The van der Waals surface area contributed by atoms with Crippen LogP contribution in [0.1, 0.15) is 41.4 Å². The molecular formula is C12H10O8S2. The second kappa shape index (κ2) is 7.18. The van der Waals surface area contributed by atoms with Gasteiger partial charge in [-0.2, -0.15) is 25.3 Å². The van der Waals surface area contributed by atoms with E-state index < -0.39 is 50.7 Å².